The van der Waals surface area contributed by atoms with Gasteiger partial charge in [-0.1, -0.05) is 20.8 Å². The van der Waals surface area contributed by atoms with Gasteiger partial charge in [0.1, 0.15) is 0 Å². The van der Waals surface area contributed by atoms with E-state index in [9.17, 15) is 4.79 Å². The molecule has 1 aliphatic rings. The second-order valence-corrected chi connectivity index (χ2v) is 3.63. The highest BCUT2D eigenvalue weighted by Gasteiger charge is 2.27. The van der Waals surface area contributed by atoms with Crippen LogP contribution in [0.25, 0.3) is 0 Å². The molecule has 0 aromatic rings. The van der Waals surface area contributed by atoms with Gasteiger partial charge in [0.2, 0.25) is 0 Å². The normalized spacial score (nSPS) is 21.0. The van der Waals surface area contributed by atoms with Crippen molar-refractivity contribution in [3.63, 3.8) is 0 Å². The van der Waals surface area contributed by atoms with Gasteiger partial charge in [-0.25, -0.2) is 0 Å². The lowest BCUT2D eigenvalue weighted by atomic mass is 9.90. The quantitative estimate of drug-likeness (QED) is 0.772. The number of hydrogen-bond donors (Lipinski definition) is 1. The number of nitrogens with two attached hydrogens (primary N) is 1. The van der Waals surface area contributed by atoms with Crippen LogP contribution in [0.5, 0.6) is 0 Å². The fraction of sp³-hybridized carbons (Fsp3) is 0.583. The molecule has 1 atom stereocenters. The minimum Gasteiger partial charge on any atom is -0.483 e. The Morgan fingerprint density at radius 2 is 2.00 bits per heavy atom. The van der Waals surface area contributed by atoms with E-state index in [0.29, 0.717) is 0 Å². The Hall–Kier alpha value is -1.25. The molecule has 0 saturated heterocycles. The van der Waals surface area contributed by atoms with Crippen LogP contribution in [0.2, 0.25) is 0 Å². The highest BCUT2D eigenvalue weighted by atomic mass is 16.5. The zero-order chi connectivity index (χ0) is 11.4. The number of rotatable bonds is 4. The summed E-state index contributed by atoms with van der Waals surface area (Å²) in [6.45, 7) is 6.21. The van der Waals surface area contributed by atoms with E-state index < -0.39 is 12.0 Å². The Morgan fingerprint density at radius 3 is 2.40 bits per heavy atom. The first-order valence-electron chi connectivity index (χ1n) is 5.51. The third-order valence-electron chi connectivity index (χ3n) is 2.81. The number of allylic oxidation sites excluding steroid dienone is 2. The Kier molecular flexibility index (Phi) is 3.95. The molecule has 84 valence electrons. The molecule has 0 aliphatic carbocycles. The van der Waals surface area contributed by atoms with Crippen LogP contribution in [0, 0.1) is 0 Å². The zero-order valence-electron chi connectivity index (χ0n) is 9.67. The number of carbonyl (C=O) groups is 1. The Labute approximate surface area is 91.0 Å². The molecule has 0 radical (unpaired) electrons. The van der Waals surface area contributed by atoms with Gasteiger partial charge in [-0.3, -0.25) is 4.79 Å². The van der Waals surface area contributed by atoms with E-state index in [-0.39, 0.29) is 0 Å². The van der Waals surface area contributed by atoms with E-state index in [1.165, 1.54) is 11.1 Å². The van der Waals surface area contributed by atoms with Crippen LogP contribution in [0.3, 0.4) is 0 Å². The van der Waals surface area contributed by atoms with Crippen molar-refractivity contribution in [2.45, 2.75) is 46.1 Å². The van der Waals surface area contributed by atoms with Gasteiger partial charge in [-0.05, 0) is 36.0 Å². The van der Waals surface area contributed by atoms with Gasteiger partial charge in [-0.15, -0.1) is 0 Å². The topological polar surface area (TPSA) is 52.3 Å². The van der Waals surface area contributed by atoms with Crippen molar-refractivity contribution in [2.75, 3.05) is 0 Å². The lowest BCUT2D eigenvalue weighted by molar-refractivity contribution is -0.124. The highest BCUT2D eigenvalue weighted by molar-refractivity contribution is 5.83. The molecule has 3 heteroatoms. The van der Waals surface area contributed by atoms with Gasteiger partial charge in [0, 0.05) is 0 Å². The zero-order valence-corrected chi connectivity index (χ0v) is 9.67. The molecule has 0 saturated carbocycles. The summed E-state index contributed by atoms with van der Waals surface area (Å²) in [7, 11) is 0. The molecule has 1 amide bonds. The van der Waals surface area contributed by atoms with Crippen LogP contribution in [0.4, 0.5) is 0 Å². The number of carbonyl (C=O) groups excluding carboxylic acids is 1. The van der Waals surface area contributed by atoms with Crippen LogP contribution in [0.1, 0.15) is 40.0 Å². The summed E-state index contributed by atoms with van der Waals surface area (Å²) >= 11 is 0. The molecule has 0 bridgehead atoms. The number of amides is 1. The Morgan fingerprint density at radius 1 is 1.33 bits per heavy atom. The lowest BCUT2D eigenvalue weighted by Crippen LogP contribution is -2.34. The molecule has 0 fully saturated rings. The fourth-order valence-electron chi connectivity index (χ4n) is 2.06. The third-order valence-corrected chi connectivity index (χ3v) is 2.81. The van der Waals surface area contributed by atoms with Crippen molar-refractivity contribution in [2.24, 2.45) is 5.73 Å². The van der Waals surface area contributed by atoms with Gasteiger partial charge in [-0.2, -0.15) is 0 Å². The third kappa shape index (κ3) is 2.22. The number of primary amides is 1. The van der Waals surface area contributed by atoms with E-state index >= 15 is 0 Å². The molecule has 2 N–H and O–H groups in total. The minimum atomic E-state index is -0.555. The summed E-state index contributed by atoms with van der Waals surface area (Å²) in [5.41, 5.74) is 8.79. The van der Waals surface area contributed by atoms with E-state index in [2.05, 4.69) is 13.8 Å². The predicted molar refractivity (Wildman–Crippen MR) is 60.0 cm³/mol. The van der Waals surface area contributed by atoms with Crippen molar-refractivity contribution in [3.05, 3.63) is 23.0 Å². The Bertz CT molecular complexity index is 316. The molecule has 1 heterocycles. The smallest absolute Gasteiger partial charge is 0.262 e. The second kappa shape index (κ2) is 5.01. The first-order chi connectivity index (χ1) is 7.15. The molecule has 0 aromatic heterocycles. The average Bonchev–Trinajstić information content (AvgIpc) is 2.26. The predicted octanol–water partition coefficient (Wildman–Crippen LogP) is 2.28. The van der Waals surface area contributed by atoms with E-state index in [4.69, 9.17) is 10.5 Å². The van der Waals surface area contributed by atoms with Crippen molar-refractivity contribution in [3.8, 4) is 0 Å². The molecule has 15 heavy (non-hydrogen) atoms. The maximum atomic E-state index is 11.2. The minimum absolute atomic E-state index is 0.399. The van der Waals surface area contributed by atoms with Gasteiger partial charge >= 0.3 is 0 Å². The van der Waals surface area contributed by atoms with E-state index in [1.54, 1.807) is 6.26 Å². The SMILES string of the molecule is CCC1=COC(C(N)=O)C(CC)=C1CC. The van der Waals surface area contributed by atoms with Crippen molar-refractivity contribution < 1.29 is 9.53 Å². The summed E-state index contributed by atoms with van der Waals surface area (Å²) < 4.78 is 5.38. The van der Waals surface area contributed by atoms with Gasteiger partial charge in [0.25, 0.3) is 5.91 Å². The summed E-state index contributed by atoms with van der Waals surface area (Å²) in [5, 5.41) is 0. The molecule has 3 nitrogen and oxygen atoms in total. The first kappa shape index (κ1) is 11.8. The second-order valence-electron chi connectivity index (χ2n) is 3.63. The molecule has 1 aliphatic heterocycles. The summed E-state index contributed by atoms with van der Waals surface area (Å²) in [6, 6.07) is 0. The molecular weight excluding hydrogens is 190 g/mol. The average molecular weight is 209 g/mol. The van der Waals surface area contributed by atoms with Crippen LogP contribution < -0.4 is 5.73 Å². The van der Waals surface area contributed by atoms with Crippen molar-refractivity contribution in [1.82, 2.24) is 0 Å². The molecular formula is C12H19NO2. The van der Waals surface area contributed by atoms with Crippen molar-refractivity contribution >= 4 is 5.91 Å². The van der Waals surface area contributed by atoms with Gasteiger partial charge in [0.05, 0.1) is 6.26 Å². The van der Waals surface area contributed by atoms with Crippen LogP contribution in [-0.4, -0.2) is 12.0 Å². The molecule has 1 rings (SSSR count). The van der Waals surface area contributed by atoms with Crippen molar-refractivity contribution in [1.29, 1.82) is 0 Å². The molecule has 0 aromatic carbocycles. The Balaban J connectivity index is 3.11. The molecule has 1 unspecified atom stereocenters. The van der Waals surface area contributed by atoms with Gasteiger partial charge < -0.3 is 10.5 Å². The number of hydrogen-bond acceptors (Lipinski definition) is 2. The maximum Gasteiger partial charge on any atom is 0.262 e. The summed E-state index contributed by atoms with van der Waals surface area (Å²) in [5.74, 6) is -0.399. The monoisotopic (exact) mass is 209 g/mol. The van der Waals surface area contributed by atoms with Crippen LogP contribution >= 0.6 is 0 Å². The summed E-state index contributed by atoms with van der Waals surface area (Å²) in [6.07, 6.45) is 3.80. The summed E-state index contributed by atoms with van der Waals surface area (Å²) in [4.78, 5) is 11.2. The standard InChI is InChI=1S/C12H19NO2/c1-4-8-7-15-11(12(13)14)10(6-3)9(8)5-2/h7,11H,4-6H2,1-3H3,(H2,13,14). The molecule has 0 spiro atoms. The van der Waals surface area contributed by atoms with Crippen LogP contribution in [-0.2, 0) is 9.53 Å². The van der Waals surface area contributed by atoms with E-state index in [0.717, 1.165) is 24.8 Å². The first-order valence-corrected chi connectivity index (χ1v) is 5.51. The largest absolute Gasteiger partial charge is 0.483 e. The van der Waals surface area contributed by atoms with Gasteiger partial charge in [0.15, 0.2) is 6.10 Å². The van der Waals surface area contributed by atoms with E-state index in [1.807, 2.05) is 6.92 Å². The fourth-order valence-corrected chi connectivity index (χ4v) is 2.06. The maximum absolute atomic E-state index is 11.2. The number of ether oxygens (including phenoxy) is 1. The highest BCUT2D eigenvalue weighted by Crippen LogP contribution is 2.30. The van der Waals surface area contributed by atoms with Crippen LogP contribution in [0.15, 0.2) is 23.0 Å². The lowest BCUT2D eigenvalue weighted by Gasteiger charge is -2.26.